The van der Waals surface area contributed by atoms with E-state index in [0.717, 1.165) is 10.8 Å². The highest BCUT2D eigenvalue weighted by Gasteiger charge is 2.23. The molecule has 146 valence electrons. The smallest absolute Gasteiger partial charge is 0.242 e. The van der Waals surface area contributed by atoms with Crippen molar-refractivity contribution in [3.8, 4) is 5.75 Å². The SMILES string of the molecule is COc1ccc(S(=O)(=O)N[C@H](C)C(=O)Nc2cccc3ccccc23)cc1C. The molecular formula is C21H22N2O4S. The number of fused-ring (bicyclic) bond motifs is 1. The first kappa shape index (κ1) is 19.9. The van der Waals surface area contributed by atoms with Crippen LogP contribution < -0.4 is 14.8 Å². The Morgan fingerprint density at radius 1 is 1.04 bits per heavy atom. The first-order valence-corrected chi connectivity index (χ1v) is 10.3. The fourth-order valence-corrected chi connectivity index (χ4v) is 4.24. The van der Waals surface area contributed by atoms with Gasteiger partial charge in [-0.15, -0.1) is 0 Å². The van der Waals surface area contributed by atoms with Crippen LogP contribution in [0.2, 0.25) is 0 Å². The molecule has 3 aromatic rings. The average molecular weight is 398 g/mol. The first-order chi connectivity index (χ1) is 13.3. The molecule has 1 amide bonds. The molecule has 0 radical (unpaired) electrons. The lowest BCUT2D eigenvalue weighted by atomic mass is 10.1. The van der Waals surface area contributed by atoms with Crippen molar-refractivity contribution in [1.29, 1.82) is 0 Å². The lowest BCUT2D eigenvalue weighted by molar-refractivity contribution is -0.117. The molecule has 0 saturated heterocycles. The Labute approximate surface area is 164 Å². The number of hydrogen-bond acceptors (Lipinski definition) is 4. The van der Waals surface area contributed by atoms with Gasteiger partial charge in [0.1, 0.15) is 5.75 Å². The van der Waals surface area contributed by atoms with Crippen molar-refractivity contribution >= 4 is 32.4 Å². The standard InChI is InChI=1S/C21H22N2O4S/c1-14-13-17(11-12-20(14)27-3)28(25,26)23-15(2)21(24)22-19-10-6-8-16-7-4-5-9-18(16)19/h4-13,15,23H,1-3H3,(H,22,24)/t15-/m1/s1. The first-order valence-electron chi connectivity index (χ1n) is 8.77. The Balaban J connectivity index is 1.77. The third-order valence-corrected chi connectivity index (χ3v) is 5.99. The average Bonchev–Trinajstić information content (AvgIpc) is 2.67. The molecule has 2 N–H and O–H groups in total. The zero-order valence-corrected chi connectivity index (χ0v) is 16.7. The van der Waals surface area contributed by atoms with Crippen molar-refractivity contribution in [1.82, 2.24) is 4.72 Å². The second kappa shape index (κ2) is 8.00. The van der Waals surface area contributed by atoms with Gasteiger partial charge in [0, 0.05) is 11.1 Å². The molecule has 0 heterocycles. The molecule has 3 rings (SSSR count). The zero-order chi connectivity index (χ0) is 20.3. The topological polar surface area (TPSA) is 84.5 Å². The van der Waals surface area contributed by atoms with Gasteiger partial charge in [0.2, 0.25) is 15.9 Å². The van der Waals surface area contributed by atoms with Gasteiger partial charge in [-0.25, -0.2) is 8.42 Å². The number of ether oxygens (including phenoxy) is 1. The lowest BCUT2D eigenvalue weighted by Gasteiger charge is -2.16. The maximum absolute atomic E-state index is 12.6. The predicted molar refractivity (Wildman–Crippen MR) is 110 cm³/mol. The normalized spacial score (nSPS) is 12.5. The van der Waals surface area contributed by atoms with E-state index in [1.165, 1.54) is 26.2 Å². The van der Waals surface area contributed by atoms with Crippen LogP contribution in [0.15, 0.2) is 65.6 Å². The van der Waals surface area contributed by atoms with Crippen LogP contribution in [-0.2, 0) is 14.8 Å². The van der Waals surface area contributed by atoms with E-state index >= 15 is 0 Å². The van der Waals surface area contributed by atoms with Gasteiger partial charge in [-0.1, -0.05) is 36.4 Å². The van der Waals surface area contributed by atoms with Gasteiger partial charge in [-0.3, -0.25) is 4.79 Å². The van der Waals surface area contributed by atoms with E-state index in [0.29, 0.717) is 17.0 Å². The lowest BCUT2D eigenvalue weighted by Crippen LogP contribution is -2.41. The molecule has 3 aromatic carbocycles. The number of methoxy groups -OCH3 is 1. The number of anilines is 1. The highest BCUT2D eigenvalue weighted by Crippen LogP contribution is 2.24. The Kier molecular flexibility index (Phi) is 5.67. The number of carbonyl (C=O) groups is 1. The third-order valence-electron chi connectivity index (χ3n) is 4.45. The van der Waals surface area contributed by atoms with Crippen LogP contribution in [0.3, 0.4) is 0 Å². The van der Waals surface area contributed by atoms with E-state index in [1.54, 1.807) is 19.1 Å². The van der Waals surface area contributed by atoms with Crippen LogP contribution in [-0.4, -0.2) is 27.5 Å². The summed E-state index contributed by atoms with van der Waals surface area (Å²) in [6.07, 6.45) is 0. The number of aryl methyl sites for hydroxylation is 1. The van der Waals surface area contributed by atoms with Crippen LogP contribution in [0, 0.1) is 6.92 Å². The number of sulfonamides is 1. The molecule has 1 atom stereocenters. The highest BCUT2D eigenvalue weighted by atomic mass is 32.2. The second-order valence-corrected chi connectivity index (χ2v) is 8.20. The van der Waals surface area contributed by atoms with E-state index in [9.17, 15) is 13.2 Å². The minimum atomic E-state index is -3.85. The van der Waals surface area contributed by atoms with Crippen LogP contribution >= 0.6 is 0 Å². The van der Waals surface area contributed by atoms with Gasteiger partial charge in [0.25, 0.3) is 0 Å². The predicted octanol–water partition coefficient (Wildman–Crippen LogP) is 3.46. The molecule has 0 aromatic heterocycles. The van der Waals surface area contributed by atoms with Crippen molar-refractivity contribution < 1.29 is 17.9 Å². The van der Waals surface area contributed by atoms with E-state index in [-0.39, 0.29) is 4.90 Å². The second-order valence-electron chi connectivity index (χ2n) is 6.49. The monoisotopic (exact) mass is 398 g/mol. The molecule has 0 aliphatic carbocycles. The van der Waals surface area contributed by atoms with Crippen LogP contribution in [0.4, 0.5) is 5.69 Å². The number of rotatable bonds is 6. The van der Waals surface area contributed by atoms with Crippen LogP contribution in [0.25, 0.3) is 10.8 Å². The number of carbonyl (C=O) groups excluding carboxylic acids is 1. The van der Waals surface area contributed by atoms with Crippen molar-refractivity contribution in [3.63, 3.8) is 0 Å². The van der Waals surface area contributed by atoms with Gasteiger partial charge in [-0.05, 0) is 49.1 Å². The summed E-state index contributed by atoms with van der Waals surface area (Å²) in [4.78, 5) is 12.7. The minimum Gasteiger partial charge on any atom is -0.496 e. The summed E-state index contributed by atoms with van der Waals surface area (Å²) in [7, 11) is -2.33. The molecule has 0 saturated carbocycles. The summed E-state index contributed by atoms with van der Waals surface area (Å²) in [6, 6.07) is 16.8. The summed E-state index contributed by atoms with van der Waals surface area (Å²) < 4.78 is 32.8. The highest BCUT2D eigenvalue weighted by molar-refractivity contribution is 7.89. The summed E-state index contributed by atoms with van der Waals surface area (Å²) in [5, 5.41) is 4.68. The van der Waals surface area contributed by atoms with Crippen molar-refractivity contribution in [3.05, 3.63) is 66.2 Å². The molecular weight excluding hydrogens is 376 g/mol. The van der Waals surface area contributed by atoms with Crippen LogP contribution in [0.5, 0.6) is 5.75 Å². The van der Waals surface area contributed by atoms with Gasteiger partial charge in [0.05, 0.1) is 18.0 Å². The van der Waals surface area contributed by atoms with Crippen LogP contribution in [0.1, 0.15) is 12.5 Å². The summed E-state index contributed by atoms with van der Waals surface area (Å²) in [5.41, 5.74) is 1.33. The Bertz CT molecular complexity index is 1120. The maximum Gasteiger partial charge on any atom is 0.242 e. The summed E-state index contributed by atoms with van der Waals surface area (Å²) in [5.74, 6) is 0.158. The third kappa shape index (κ3) is 4.16. The van der Waals surface area contributed by atoms with Gasteiger partial charge >= 0.3 is 0 Å². The molecule has 0 fully saturated rings. The Morgan fingerprint density at radius 2 is 1.75 bits per heavy atom. The number of benzene rings is 3. The summed E-state index contributed by atoms with van der Waals surface area (Å²) in [6.45, 7) is 3.27. The van der Waals surface area contributed by atoms with Crippen molar-refractivity contribution in [2.24, 2.45) is 0 Å². The molecule has 7 heteroatoms. The minimum absolute atomic E-state index is 0.0793. The Morgan fingerprint density at radius 3 is 2.46 bits per heavy atom. The maximum atomic E-state index is 12.6. The van der Waals surface area contributed by atoms with Crippen molar-refractivity contribution in [2.75, 3.05) is 12.4 Å². The number of hydrogen-bond donors (Lipinski definition) is 2. The molecule has 6 nitrogen and oxygen atoms in total. The fraction of sp³-hybridized carbons (Fsp3) is 0.190. The molecule has 0 bridgehead atoms. The quantitative estimate of drug-likeness (QED) is 0.666. The molecule has 0 aliphatic rings. The van der Waals surface area contributed by atoms with Gasteiger partial charge < -0.3 is 10.1 Å². The number of nitrogens with one attached hydrogen (secondary N) is 2. The molecule has 0 spiro atoms. The van der Waals surface area contributed by atoms with Crippen molar-refractivity contribution in [2.45, 2.75) is 24.8 Å². The van der Waals surface area contributed by atoms with E-state index in [1.807, 2.05) is 36.4 Å². The molecule has 0 unspecified atom stereocenters. The molecule has 28 heavy (non-hydrogen) atoms. The van der Waals surface area contributed by atoms with E-state index < -0.39 is 22.0 Å². The fourth-order valence-electron chi connectivity index (χ4n) is 2.95. The van der Waals surface area contributed by atoms with Gasteiger partial charge in [0.15, 0.2) is 0 Å². The molecule has 0 aliphatic heterocycles. The Hall–Kier alpha value is -2.90. The number of amides is 1. The van der Waals surface area contributed by atoms with E-state index in [4.69, 9.17) is 4.74 Å². The largest absolute Gasteiger partial charge is 0.496 e. The van der Waals surface area contributed by atoms with E-state index in [2.05, 4.69) is 10.0 Å². The zero-order valence-electron chi connectivity index (χ0n) is 15.9. The summed E-state index contributed by atoms with van der Waals surface area (Å²) >= 11 is 0. The van der Waals surface area contributed by atoms with Gasteiger partial charge in [-0.2, -0.15) is 4.72 Å².